The van der Waals surface area contributed by atoms with Crippen molar-refractivity contribution in [3.05, 3.63) is 95.8 Å². The van der Waals surface area contributed by atoms with Crippen molar-refractivity contribution in [2.75, 3.05) is 39.8 Å². The first-order chi connectivity index (χ1) is 21.2. The van der Waals surface area contributed by atoms with Crippen LogP contribution in [0.4, 0.5) is 4.39 Å². The Labute approximate surface area is 257 Å². The predicted octanol–water partition coefficient (Wildman–Crippen LogP) is 3.54. The number of methoxy groups -OCH3 is 1. The highest BCUT2D eigenvalue weighted by atomic mass is 19.1. The summed E-state index contributed by atoms with van der Waals surface area (Å²) < 4.78 is 18.3. The normalized spacial score (nSPS) is 14.7. The Morgan fingerprint density at radius 3 is 2.48 bits per heavy atom. The SMILES string of the molecule is COC(=O)/C=C/CNC(=O)CNC(=O)CN(C(=O)Cc1cccc(F)c1)C1CCN(C(C)c2cccc3ccccc23)CC1. The van der Waals surface area contributed by atoms with Crippen LogP contribution in [0.2, 0.25) is 0 Å². The third-order valence-electron chi connectivity index (χ3n) is 7.96. The van der Waals surface area contributed by atoms with Crippen LogP contribution < -0.4 is 10.6 Å². The van der Waals surface area contributed by atoms with Crippen LogP contribution in [0.3, 0.4) is 0 Å². The molecule has 1 saturated heterocycles. The minimum Gasteiger partial charge on any atom is -0.466 e. The summed E-state index contributed by atoms with van der Waals surface area (Å²) in [5.41, 5.74) is 1.78. The molecule has 4 rings (SSSR count). The molecule has 1 fully saturated rings. The Balaban J connectivity index is 1.38. The maximum atomic E-state index is 13.8. The van der Waals surface area contributed by atoms with Crippen molar-refractivity contribution in [1.82, 2.24) is 20.4 Å². The summed E-state index contributed by atoms with van der Waals surface area (Å²) >= 11 is 0. The van der Waals surface area contributed by atoms with E-state index < -0.39 is 23.6 Å². The van der Waals surface area contributed by atoms with Crippen LogP contribution in [0.15, 0.2) is 78.9 Å². The van der Waals surface area contributed by atoms with E-state index in [0.29, 0.717) is 18.4 Å². The molecular formula is C34H39FN4O5. The quantitative estimate of drug-likeness (QED) is 0.243. The van der Waals surface area contributed by atoms with E-state index in [9.17, 15) is 23.6 Å². The lowest BCUT2D eigenvalue weighted by Crippen LogP contribution is -2.52. The van der Waals surface area contributed by atoms with Crippen molar-refractivity contribution >= 4 is 34.5 Å². The number of nitrogens with zero attached hydrogens (tertiary/aromatic N) is 2. The van der Waals surface area contributed by atoms with E-state index in [0.717, 1.165) is 13.1 Å². The van der Waals surface area contributed by atoms with Crippen LogP contribution in [0.5, 0.6) is 0 Å². The van der Waals surface area contributed by atoms with Crippen LogP contribution in [-0.2, 0) is 30.3 Å². The summed E-state index contributed by atoms with van der Waals surface area (Å²) in [7, 11) is 1.25. The summed E-state index contributed by atoms with van der Waals surface area (Å²) in [4.78, 5) is 53.7. The van der Waals surface area contributed by atoms with E-state index in [1.807, 2.05) is 12.1 Å². The Morgan fingerprint density at radius 1 is 1.00 bits per heavy atom. The highest BCUT2D eigenvalue weighted by Crippen LogP contribution is 2.31. The van der Waals surface area contributed by atoms with Crippen LogP contribution in [0.1, 0.15) is 36.9 Å². The zero-order valence-electron chi connectivity index (χ0n) is 25.1. The standard InChI is InChI=1S/C34H39FN4O5/c1-24(29-13-6-10-26-9-3-4-12-30(26)29)38-18-15-28(16-19-38)39(33(42)21-25-8-5-11-27(35)20-25)23-32(41)37-22-31(40)36-17-7-14-34(43)44-2/h3-14,20,24,28H,15-19,21-23H2,1-2H3,(H,36,40)(H,37,41)/b14-7+. The third kappa shape index (κ3) is 8.97. The molecule has 10 heteroatoms. The molecule has 3 amide bonds. The van der Waals surface area contributed by atoms with E-state index in [-0.39, 0.29) is 44.0 Å². The first-order valence-electron chi connectivity index (χ1n) is 14.8. The number of nitrogens with one attached hydrogen (secondary N) is 2. The van der Waals surface area contributed by atoms with Gasteiger partial charge in [-0.1, -0.05) is 60.7 Å². The topological polar surface area (TPSA) is 108 Å². The van der Waals surface area contributed by atoms with Crippen molar-refractivity contribution in [2.24, 2.45) is 0 Å². The summed E-state index contributed by atoms with van der Waals surface area (Å²) in [5.74, 6) is -2.15. The van der Waals surface area contributed by atoms with Gasteiger partial charge in [-0.2, -0.15) is 0 Å². The van der Waals surface area contributed by atoms with Gasteiger partial charge in [0.1, 0.15) is 5.82 Å². The smallest absolute Gasteiger partial charge is 0.330 e. The Kier molecular flexibility index (Phi) is 11.6. The average molecular weight is 603 g/mol. The van der Waals surface area contributed by atoms with E-state index in [1.165, 1.54) is 47.7 Å². The largest absolute Gasteiger partial charge is 0.466 e. The molecule has 0 saturated carbocycles. The van der Waals surface area contributed by atoms with Gasteiger partial charge < -0.3 is 20.3 Å². The maximum Gasteiger partial charge on any atom is 0.330 e. The molecule has 0 aliphatic carbocycles. The summed E-state index contributed by atoms with van der Waals surface area (Å²) in [6, 6.07) is 20.5. The van der Waals surface area contributed by atoms with Gasteiger partial charge in [-0.05, 0) is 53.8 Å². The molecule has 0 aromatic heterocycles. The summed E-state index contributed by atoms with van der Waals surface area (Å²) in [6.45, 7) is 3.27. The van der Waals surface area contributed by atoms with E-state index in [4.69, 9.17) is 0 Å². The number of benzene rings is 3. The number of fused-ring (bicyclic) bond motifs is 1. The fraction of sp³-hybridized carbons (Fsp3) is 0.353. The molecule has 1 aliphatic heterocycles. The fourth-order valence-electron chi connectivity index (χ4n) is 5.59. The maximum absolute atomic E-state index is 13.8. The lowest BCUT2D eigenvalue weighted by Gasteiger charge is -2.41. The summed E-state index contributed by atoms with van der Waals surface area (Å²) in [6.07, 6.45) is 3.93. The number of carbonyl (C=O) groups excluding carboxylic acids is 4. The number of carbonyl (C=O) groups is 4. The molecule has 1 atom stereocenters. The molecule has 232 valence electrons. The Bertz CT molecular complexity index is 1500. The number of likely N-dealkylation sites (tertiary alicyclic amines) is 1. The number of ether oxygens (including phenoxy) is 1. The lowest BCUT2D eigenvalue weighted by molar-refractivity contribution is -0.139. The van der Waals surface area contributed by atoms with Crippen molar-refractivity contribution in [3.63, 3.8) is 0 Å². The second-order valence-corrected chi connectivity index (χ2v) is 10.8. The molecule has 3 aromatic rings. The van der Waals surface area contributed by atoms with Gasteiger partial charge >= 0.3 is 5.97 Å². The number of rotatable bonds is 12. The molecule has 2 N–H and O–H groups in total. The van der Waals surface area contributed by atoms with E-state index in [2.05, 4.69) is 57.5 Å². The summed E-state index contributed by atoms with van der Waals surface area (Å²) in [5, 5.41) is 7.55. The van der Waals surface area contributed by atoms with Gasteiger partial charge in [0, 0.05) is 37.8 Å². The predicted molar refractivity (Wildman–Crippen MR) is 166 cm³/mol. The minimum absolute atomic E-state index is 0.0370. The van der Waals surface area contributed by atoms with Crippen molar-refractivity contribution in [3.8, 4) is 0 Å². The van der Waals surface area contributed by atoms with Crippen LogP contribution >= 0.6 is 0 Å². The number of piperidine rings is 1. The Hall–Kier alpha value is -4.57. The van der Waals surface area contributed by atoms with Crippen LogP contribution in [0.25, 0.3) is 10.8 Å². The van der Waals surface area contributed by atoms with Crippen LogP contribution in [0, 0.1) is 5.82 Å². The average Bonchev–Trinajstić information content (AvgIpc) is 3.04. The van der Waals surface area contributed by atoms with Crippen LogP contribution in [-0.4, -0.2) is 79.4 Å². The third-order valence-corrected chi connectivity index (χ3v) is 7.96. The van der Waals surface area contributed by atoms with Crippen molar-refractivity contribution < 1.29 is 28.3 Å². The Morgan fingerprint density at radius 2 is 1.73 bits per heavy atom. The van der Waals surface area contributed by atoms with Gasteiger partial charge in [-0.15, -0.1) is 0 Å². The number of halogens is 1. The fourth-order valence-corrected chi connectivity index (χ4v) is 5.59. The highest BCUT2D eigenvalue weighted by molar-refractivity contribution is 5.89. The number of amides is 3. The first-order valence-corrected chi connectivity index (χ1v) is 14.8. The van der Waals surface area contributed by atoms with Gasteiger partial charge in [0.15, 0.2) is 0 Å². The van der Waals surface area contributed by atoms with E-state index >= 15 is 0 Å². The molecule has 0 spiro atoms. The van der Waals surface area contributed by atoms with Crippen molar-refractivity contribution in [2.45, 2.75) is 38.3 Å². The minimum atomic E-state index is -0.538. The zero-order chi connectivity index (χ0) is 31.5. The lowest BCUT2D eigenvalue weighted by atomic mass is 9.95. The number of esters is 1. The zero-order valence-corrected chi connectivity index (χ0v) is 25.1. The van der Waals surface area contributed by atoms with Gasteiger partial charge in [-0.25, -0.2) is 9.18 Å². The number of hydrogen-bond donors (Lipinski definition) is 2. The first kappa shape index (κ1) is 32.3. The molecule has 9 nitrogen and oxygen atoms in total. The molecule has 0 radical (unpaired) electrons. The molecular weight excluding hydrogens is 563 g/mol. The second-order valence-electron chi connectivity index (χ2n) is 10.8. The van der Waals surface area contributed by atoms with Gasteiger partial charge in [0.25, 0.3) is 0 Å². The molecule has 1 heterocycles. The molecule has 1 unspecified atom stereocenters. The van der Waals surface area contributed by atoms with Gasteiger partial charge in [0.2, 0.25) is 17.7 Å². The molecule has 3 aromatic carbocycles. The molecule has 44 heavy (non-hydrogen) atoms. The highest BCUT2D eigenvalue weighted by Gasteiger charge is 2.31. The van der Waals surface area contributed by atoms with E-state index in [1.54, 1.807) is 17.0 Å². The second kappa shape index (κ2) is 15.8. The van der Waals surface area contributed by atoms with Crippen molar-refractivity contribution in [1.29, 1.82) is 0 Å². The number of hydrogen-bond acceptors (Lipinski definition) is 6. The molecule has 0 bridgehead atoms. The monoisotopic (exact) mass is 602 g/mol. The van der Waals surface area contributed by atoms with Gasteiger partial charge in [-0.3, -0.25) is 19.3 Å². The van der Waals surface area contributed by atoms with Gasteiger partial charge in [0.05, 0.1) is 26.6 Å². The molecule has 1 aliphatic rings.